The van der Waals surface area contributed by atoms with Crippen molar-refractivity contribution >= 4 is 17.8 Å². The van der Waals surface area contributed by atoms with Crippen LogP contribution in [0.3, 0.4) is 0 Å². The summed E-state index contributed by atoms with van der Waals surface area (Å²) in [5, 5.41) is 9.42. The van der Waals surface area contributed by atoms with Crippen molar-refractivity contribution in [1.29, 1.82) is 5.41 Å². The normalized spacial score (nSPS) is 13.9. The van der Waals surface area contributed by atoms with Crippen molar-refractivity contribution in [2.45, 2.75) is 18.9 Å². The molecule has 1 unspecified atom stereocenters. The zero-order valence-electron chi connectivity index (χ0n) is 8.96. The smallest absolute Gasteiger partial charge is 0.244 e. The molecule has 0 spiro atoms. The average Bonchev–Trinajstić information content (AvgIpc) is 2.17. The number of amides is 1. The number of carbonyl (C=O) groups is 1. The van der Waals surface area contributed by atoms with E-state index in [4.69, 9.17) is 11.1 Å². The third-order valence-electron chi connectivity index (χ3n) is 2.13. The van der Waals surface area contributed by atoms with Gasteiger partial charge >= 0.3 is 0 Å². The van der Waals surface area contributed by atoms with Crippen LogP contribution in [0.1, 0.15) is 13.3 Å². The number of halogens is 1. The summed E-state index contributed by atoms with van der Waals surface area (Å²) < 4.78 is 12.8. The van der Waals surface area contributed by atoms with Gasteiger partial charge in [0.25, 0.3) is 0 Å². The molecule has 86 valence electrons. The minimum atomic E-state index is -1.16. The van der Waals surface area contributed by atoms with Crippen molar-refractivity contribution in [3.05, 3.63) is 30.1 Å². The largest absolute Gasteiger partial charge is 0.324 e. The van der Waals surface area contributed by atoms with Gasteiger partial charge in [0.2, 0.25) is 5.91 Å². The van der Waals surface area contributed by atoms with Gasteiger partial charge in [0, 0.05) is 12.1 Å². The van der Waals surface area contributed by atoms with Crippen LogP contribution in [-0.2, 0) is 4.79 Å². The van der Waals surface area contributed by atoms with Crippen LogP contribution in [0.4, 0.5) is 10.1 Å². The maximum Gasteiger partial charge on any atom is 0.244 e. The van der Waals surface area contributed by atoms with Crippen molar-refractivity contribution < 1.29 is 9.18 Å². The Morgan fingerprint density at radius 3 is 2.94 bits per heavy atom. The van der Waals surface area contributed by atoms with E-state index in [0.717, 1.165) is 6.21 Å². The molecule has 0 radical (unpaired) electrons. The highest BCUT2D eigenvalue weighted by atomic mass is 19.1. The highest BCUT2D eigenvalue weighted by Crippen LogP contribution is 2.12. The molecule has 1 rings (SSSR count). The molecular weight excluding hydrogens is 209 g/mol. The van der Waals surface area contributed by atoms with Gasteiger partial charge in [-0.2, -0.15) is 0 Å². The molecule has 1 atom stereocenters. The van der Waals surface area contributed by atoms with Crippen LogP contribution in [0.5, 0.6) is 0 Å². The molecule has 0 heterocycles. The molecular formula is C11H14FN3O. The van der Waals surface area contributed by atoms with Crippen molar-refractivity contribution in [3.8, 4) is 0 Å². The third kappa shape index (κ3) is 3.13. The van der Waals surface area contributed by atoms with Crippen LogP contribution in [0.2, 0.25) is 0 Å². The summed E-state index contributed by atoms with van der Waals surface area (Å²) >= 11 is 0. The summed E-state index contributed by atoms with van der Waals surface area (Å²) in [6.07, 6.45) is 1.21. The lowest BCUT2D eigenvalue weighted by Crippen LogP contribution is -2.48. The Morgan fingerprint density at radius 1 is 1.69 bits per heavy atom. The second-order valence-electron chi connectivity index (χ2n) is 3.79. The Labute approximate surface area is 93.2 Å². The molecule has 1 aromatic carbocycles. The summed E-state index contributed by atoms with van der Waals surface area (Å²) in [6, 6.07) is 5.56. The molecule has 0 saturated heterocycles. The standard InChI is InChI=1S/C11H14FN3O/c1-11(14,5-6-13)10(16)15-9-4-2-3-8(12)7-9/h2-4,6-7,13H,5,14H2,1H3,(H,15,16). The first-order valence-electron chi connectivity index (χ1n) is 4.80. The van der Waals surface area contributed by atoms with E-state index in [2.05, 4.69) is 5.32 Å². The SMILES string of the molecule is CC(N)(CC=N)C(=O)Nc1cccc(F)c1. The summed E-state index contributed by atoms with van der Waals surface area (Å²) in [5.74, 6) is -0.870. The summed E-state index contributed by atoms with van der Waals surface area (Å²) in [5.41, 5.74) is 4.89. The lowest BCUT2D eigenvalue weighted by Gasteiger charge is -2.21. The maximum atomic E-state index is 12.8. The van der Waals surface area contributed by atoms with Gasteiger partial charge in [0.1, 0.15) is 5.82 Å². The Morgan fingerprint density at radius 2 is 2.38 bits per heavy atom. The maximum absolute atomic E-state index is 12.8. The first kappa shape index (κ1) is 12.3. The molecule has 0 aliphatic carbocycles. The number of hydrogen-bond donors (Lipinski definition) is 3. The van der Waals surface area contributed by atoms with Crippen LogP contribution in [-0.4, -0.2) is 17.7 Å². The monoisotopic (exact) mass is 223 g/mol. The van der Waals surface area contributed by atoms with Gasteiger partial charge < -0.3 is 16.5 Å². The van der Waals surface area contributed by atoms with Crippen molar-refractivity contribution in [2.75, 3.05) is 5.32 Å². The summed E-state index contributed by atoms with van der Waals surface area (Å²) in [6.45, 7) is 1.52. The summed E-state index contributed by atoms with van der Waals surface area (Å²) in [4.78, 5) is 11.7. The van der Waals surface area contributed by atoms with Gasteiger partial charge in [-0.1, -0.05) is 6.07 Å². The van der Waals surface area contributed by atoms with Crippen LogP contribution in [0, 0.1) is 11.2 Å². The van der Waals surface area contributed by atoms with E-state index >= 15 is 0 Å². The van der Waals surface area contributed by atoms with Gasteiger partial charge in [0.05, 0.1) is 5.54 Å². The molecule has 0 fully saturated rings. The Balaban J connectivity index is 2.74. The van der Waals surface area contributed by atoms with E-state index in [1.165, 1.54) is 25.1 Å². The van der Waals surface area contributed by atoms with Gasteiger partial charge in [-0.3, -0.25) is 4.79 Å². The molecule has 1 aromatic rings. The number of nitrogens with one attached hydrogen (secondary N) is 2. The van der Waals surface area contributed by atoms with Gasteiger partial charge in [-0.25, -0.2) is 4.39 Å². The fourth-order valence-electron chi connectivity index (χ4n) is 1.14. The fourth-order valence-corrected chi connectivity index (χ4v) is 1.14. The van der Waals surface area contributed by atoms with Crippen LogP contribution in [0.15, 0.2) is 24.3 Å². The van der Waals surface area contributed by atoms with Crippen LogP contribution in [0.25, 0.3) is 0 Å². The highest BCUT2D eigenvalue weighted by molar-refractivity contribution is 5.99. The fraction of sp³-hybridized carbons (Fsp3) is 0.273. The van der Waals surface area contributed by atoms with E-state index < -0.39 is 17.3 Å². The number of anilines is 1. The Kier molecular flexibility index (Phi) is 3.73. The van der Waals surface area contributed by atoms with Crippen molar-refractivity contribution in [3.63, 3.8) is 0 Å². The number of nitrogens with two attached hydrogens (primary N) is 1. The molecule has 0 aliphatic heterocycles. The number of benzene rings is 1. The zero-order chi connectivity index (χ0) is 12.2. The average molecular weight is 223 g/mol. The minimum absolute atomic E-state index is 0.133. The van der Waals surface area contributed by atoms with Gasteiger partial charge in [-0.05, 0) is 31.3 Å². The molecule has 0 aromatic heterocycles. The minimum Gasteiger partial charge on any atom is -0.324 e. The molecule has 0 bridgehead atoms. The lowest BCUT2D eigenvalue weighted by atomic mass is 9.99. The van der Waals surface area contributed by atoms with Gasteiger partial charge in [0.15, 0.2) is 0 Å². The topological polar surface area (TPSA) is 79.0 Å². The predicted molar refractivity (Wildman–Crippen MR) is 61.0 cm³/mol. The quantitative estimate of drug-likeness (QED) is 0.676. The van der Waals surface area contributed by atoms with E-state index in [9.17, 15) is 9.18 Å². The van der Waals surface area contributed by atoms with Gasteiger partial charge in [-0.15, -0.1) is 0 Å². The van der Waals surface area contributed by atoms with E-state index in [0.29, 0.717) is 5.69 Å². The Bertz CT molecular complexity index is 404. The molecule has 4 N–H and O–H groups in total. The number of carbonyl (C=O) groups excluding carboxylic acids is 1. The highest BCUT2D eigenvalue weighted by Gasteiger charge is 2.27. The molecule has 1 amide bonds. The van der Waals surface area contributed by atoms with E-state index in [1.807, 2.05) is 0 Å². The molecule has 0 aliphatic rings. The second-order valence-corrected chi connectivity index (χ2v) is 3.79. The van der Waals surface area contributed by atoms with E-state index in [-0.39, 0.29) is 6.42 Å². The van der Waals surface area contributed by atoms with Crippen molar-refractivity contribution in [2.24, 2.45) is 5.73 Å². The van der Waals surface area contributed by atoms with Crippen LogP contribution >= 0.6 is 0 Å². The number of hydrogen-bond acceptors (Lipinski definition) is 3. The molecule has 5 heteroatoms. The first-order valence-corrected chi connectivity index (χ1v) is 4.80. The van der Waals surface area contributed by atoms with Crippen LogP contribution < -0.4 is 11.1 Å². The first-order chi connectivity index (χ1) is 7.45. The molecule has 16 heavy (non-hydrogen) atoms. The Hall–Kier alpha value is -1.75. The third-order valence-corrected chi connectivity index (χ3v) is 2.13. The summed E-state index contributed by atoms with van der Waals surface area (Å²) in [7, 11) is 0. The molecule has 0 saturated carbocycles. The second kappa shape index (κ2) is 4.85. The molecule has 4 nitrogen and oxygen atoms in total. The lowest BCUT2D eigenvalue weighted by molar-refractivity contribution is -0.120. The van der Waals surface area contributed by atoms with Crippen molar-refractivity contribution in [1.82, 2.24) is 0 Å². The van der Waals surface area contributed by atoms with E-state index in [1.54, 1.807) is 6.07 Å². The predicted octanol–water partition coefficient (Wildman–Crippen LogP) is 1.52. The number of rotatable bonds is 4. The zero-order valence-corrected chi connectivity index (χ0v) is 8.96.